The Bertz CT molecular complexity index is 476. The van der Waals surface area contributed by atoms with Crippen molar-refractivity contribution < 1.29 is 22.7 Å². The molecule has 0 spiro atoms. The fraction of sp³-hybridized carbons (Fsp3) is 0.500. The average molecular weight is 274 g/mol. The predicted octanol–water partition coefficient (Wildman–Crippen LogP) is 2.01. The zero-order chi connectivity index (χ0) is 14.0. The van der Waals surface area contributed by atoms with Gasteiger partial charge < -0.3 is 10.1 Å². The molecule has 2 unspecified atom stereocenters. The molecule has 1 aliphatic rings. The number of rotatable bonds is 2. The van der Waals surface area contributed by atoms with Crippen molar-refractivity contribution in [2.24, 2.45) is 0 Å². The summed E-state index contributed by atoms with van der Waals surface area (Å²) in [5, 5.41) is 2.55. The van der Waals surface area contributed by atoms with E-state index in [0.29, 0.717) is 13.0 Å². The third kappa shape index (κ3) is 3.04. The largest absolute Gasteiger partial charge is 0.417 e. The number of carbonyl (C=O) groups excluding carboxylic acids is 1. The molecule has 0 radical (unpaired) electrons. The van der Waals surface area contributed by atoms with Crippen LogP contribution in [-0.4, -0.2) is 29.6 Å². The zero-order valence-electron chi connectivity index (χ0n) is 10.2. The summed E-state index contributed by atoms with van der Waals surface area (Å²) in [5.41, 5.74) is -1.44. The summed E-state index contributed by atoms with van der Waals surface area (Å²) in [6.07, 6.45) is -2.24. The Kier molecular flexibility index (Phi) is 3.75. The van der Waals surface area contributed by atoms with E-state index in [0.717, 1.165) is 18.5 Å². The molecule has 4 nitrogen and oxygen atoms in total. The molecule has 7 heteroatoms. The highest BCUT2D eigenvalue weighted by Crippen LogP contribution is 2.31. The van der Waals surface area contributed by atoms with Crippen LogP contribution in [0.3, 0.4) is 0 Å². The van der Waals surface area contributed by atoms with Crippen LogP contribution < -0.4 is 5.32 Å². The minimum absolute atomic E-state index is 0.199. The van der Waals surface area contributed by atoms with Gasteiger partial charge in [-0.1, -0.05) is 0 Å². The first kappa shape index (κ1) is 13.8. The van der Waals surface area contributed by atoms with Gasteiger partial charge in [-0.2, -0.15) is 13.2 Å². The first-order chi connectivity index (χ1) is 8.89. The van der Waals surface area contributed by atoms with E-state index in [2.05, 4.69) is 10.3 Å². The monoisotopic (exact) mass is 274 g/mol. The maximum Gasteiger partial charge on any atom is 0.417 e. The van der Waals surface area contributed by atoms with Gasteiger partial charge in [-0.15, -0.1) is 0 Å². The van der Waals surface area contributed by atoms with Crippen LogP contribution in [-0.2, 0) is 10.9 Å². The molecule has 0 bridgehead atoms. The molecule has 2 rings (SSSR count). The van der Waals surface area contributed by atoms with Gasteiger partial charge in [0, 0.05) is 19.0 Å². The summed E-state index contributed by atoms with van der Waals surface area (Å²) >= 11 is 0. The van der Waals surface area contributed by atoms with E-state index in [-0.39, 0.29) is 12.1 Å². The highest BCUT2D eigenvalue weighted by Gasteiger charge is 2.36. The molecule has 1 aromatic heterocycles. The molecular weight excluding hydrogens is 261 g/mol. The number of hydrogen-bond donors (Lipinski definition) is 1. The van der Waals surface area contributed by atoms with Crippen molar-refractivity contribution in [2.45, 2.75) is 31.7 Å². The molecule has 1 amide bonds. The van der Waals surface area contributed by atoms with E-state index in [1.54, 1.807) is 6.92 Å². The Morgan fingerprint density at radius 2 is 2.26 bits per heavy atom. The molecule has 0 aromatic carbocycles. The van der Waals surface area contributed by atoms with Crippen molar-refractivity contribution >= 4 is 5.91 Å². The maximum atomic E-state index is 12.8. The number of ether oxygens (including phenoxy) is 1. The topological polar surface area (TPSA) is 51.2 Å². The van der Waals surface area contributed by atoms with Gasteiger partial charge in [0.2, 0.25) is 0 Å². The fourth-order valence-corrected chi connectivity index (χ4v) is 1.99. The Labute approximate surface area is 108 Å². The van der Waals surface area contributed by atoms with Gasteiger partial charge in [0.25, 0.3) is 5.91 Å². The van der Waals surface area contributed by atoms with Crippen molar-refractivity contribution in [3.63, 3.8) is 0 Å². The van der Waals surface area contributed by atoms with Crippen molar-refractivity contribution in [1.82, 2.24) is 10.3 Å². The Morgan fingerprint density at radius 1 is 1.53 bits per heavy atom. The minimum atomic E-state index is -4.58. The first-order valence-electron chi connectivity index (χ1n) is 5.83. The van der Waals surface area contributed by atoms with Gasteiger partial charge >= 0.3 is 6.18 Å². The highest BCUT2D eigenvalue weighted by atomic mass is 19.4. The Hall–Kier alpha value is -1.63. The van der Waals surface area contributed by atoms with E-state index in [4.69, 9.17) is 4.74 Å². The van der Waals surface area contributed by atoms with Gasteiger partial charge in [0.05, 0.1) is 23.3 Å². The number of carbonyl (C=O) groups is 1. The van der Waals surface area contributed by atoms with Crippen molar-refractivity contribution in [3.8, 4) is 0 Å². The molecule has 2 atom stereocenters. The van der Waals surface area contributed by atoms with E-state index >= 15 is 0 Å². The SMILES string of the molecule is CC1OCCC1NC(=O)c1cnccc1C(F)(F)F. The van der Waals surface area contributed by atoms with E-state index < -0.39 is 23.2 Å². The van der Waals surface area contributed by atoms with Crippen LogP contribution in [0, 0.1) is 0 Å². The summed E-state index contributed by atoms with van der Waals surface area (Å²) in [6.45, 7) is 2.26. The van der Waals surface area contributed by atoms with Crippen molar-refractivity contribution in [2.75, 3.05) is 6.61 Å². The molecule has 104 valence electrons. The van der Waals surface area contributed by atoms with Crippen LogP contribution in [0.2, 0.25) is 0 Å². The number of pyridine rings is 1. The number of aromatic nitrogens is 1. The molecular formula is C12H13F3N2O2. The smallest absolute Gasteiger partial charge is 0.376 e. The lowest BCUT2D eigenvalue weighted by atomic mass is 10.1. The number of alkyl halides is 3. The molecule has 1 saturated heterocycles. The van der Waals surface area contributed by atoms with Crippen LogP contribution in [0.1, 0.15) is 29.3 Å². The molecule has 0 aliphatic carbocycles. The number of nitrogens with one attached hydrogen (secondary N) is 1. The van der Waals surface area contributed by atoms with E-state index in [1.807, 2.05) is 0 Å². The summed E-state index contributed by atoms with van der Waals surface area (Å²) in [4.78, 5) is 15.5. The third-order valence-electron chi connectivity index (χ3n) is 3.06. The molecule has 1 fully saturated rings. The summed E-state index contributed by atoms with van der Waals surface area (Å²) in [6, 6.07) is 0.525. The average Bonchev–Trinajstić information content (AvgIpc) is 2.74. The van der Waals surface area contributed by atoms with E-state index in [9.17, 15) is 18.0 Å². The molecule has 0 saturated carbocycles. The second-order valence-corrected chi connectivity index (χ2v) is 4.36. The zero-order valence-corrected chi connectivity index (χ0v) is 10.2. The quantitative estimate of drug-likeness (QED) is 0.897. The van der Waals surface area contributed by atoms with Gasteiger partial charge in [-0.3, -0.25) is 9.78 Å². The molecule has 1 N–H and O–H groups in total. The molecule has 1 aromatic rings. The first-order valence-corrected chi connectivity index (χ1v) is 5.83. The van der Waals surface area contributed by atoms with Crippen LogP contribution in [0.4, 0.5) is 13.2 Å². The summed E-state index contributed by atoms with van der Waals surface area (Å²) in [5.74, 6) is -0.775. The normalized spacial score (nSPS) is 23.4. The highest BCUT2D eigenvalue weighted by molar-refractivity contribution is 5.95. The van der Waals surface area contributed by atoms with Gasteiger partial charge in [0.1, 0.15) is 0 Å². The Balaban J connectivity index is 2.20. The van der Waals surface area contributed by atoms with Gasteiger partial charge in [-0.25, -0.2) is 0 Å². The second kappa shape index (κ2) is 5.16. The van der Waals surface area contributed by atoms with E-state index in [1.165, 1.54) is 0 Å². The molecule has 1 aliphatic heterocycles. The van der Waals surface area contributed by atoms with Crippen LogP contribution >= 0.6 is 0 Å². The lowest BCUT2D eigenvalue weighted by Gasteiger charge is -2.17. The molecule has 19 heavy (non-hydrogen) atoms. The standard InChI is InChI=1S/C12H13F3N2O2/c1-7-10(3-5-19-7)17-11(18)8-6-16-4-2-9(8)12(13,14)15/h2,4,6-7,10H,3,5H2,1H3,(H,17,18). The predicted molar refractivity (Wildman–Crippen MR) is 60.5 cm³/mol. The van der Waals surface area contributed by atoms with Crippen molar-refractivity contribution in [3.05, 3.63) is 29.6 Å². The summed E-state index contributed by atoms with van der Waals surface area (Å²) < 4.78 is 43.5. The minimum Gasteiger partial charge on any atom is -0.376 e. The lowest BCUT2D eigenvalue weighted by Crippen LogP contribution is -2.39. The van der Waals surface area contributed by atoms with Gasteiger partial charge in [0.15, 0.2) is 0 Å². The second-order valence-electron chi connectivity index (χ2n) is 4.36. The number of halogens is 3. The number of nitrogens with zero attached hydrogens (tertiary/aromatic N) is 1. The van der Waals surface area contributed by atoms with Crippen LogP contribution in [0.15, 0.2) is 18.5 Å². The van der Waals surface area contributed by atoms with Crippen molar-refractivity contribution in [1.29, 1.82) is 0 Å². The van der Waals surface area contributed by atoms with Crippen LogP contribution in [0.5, 0.6) is 0 Å². The molecule has 2 heterocycles. The van der Waals surface area contributed by atoms with Gasteiger partial charge in [-0.05, 0) is 19.4 Å². The van der Waals surface area contributed by atoms with Crippen LogP contribution in [0.25, 0.3) is 0 Å². The third-order valence-corrected chi connectivity index (χ3v) is 3.06. The lowest BCUT2D eigenvalue weighted by molar-refractivity contribution is -0.138. The fourth-order valence-electron chi connectivity index (χ4n) is 1.99. The number of hydrogen-bond acceptors (Lipinski definition) is 3. The summed E-state index contributed by atoms with van der Waals surface area (Å²) in [7, 11) is 0. The maximum absolute atomic E-state index is 12.8. The number of amides is 1. The Morgan fingerprint density at radius 3 is 2.84 bits per heavy atom.